The van der Waals surface area contributed by atoms with Crippen molar-refractivity contribution in [3.63, 3.8) is 0 Å². The number of hydrogen-bond acceptors (Lipinski definition) is 5. The number of carbonyl (C=O) groups excluding carboxylic acids is 1. The third-order valence-electron chi connectivity index (χ3n) is 4.71. The van der Waals surface area contributed by atoms with Gasteiger partial charge in [0.1, 0.15) is 5.75 Å². The topological polar surface area (TPSA) is 56.8 Å². The minimum atomic E-state index is 0. The highest BCUT2D eigenvalue weighted by Gasteiger charge is 2.26. The van der Waals surface area contributed by atoms with Crippen molar-refractivity contribution >= 4 is 24.0 Å². The fraction of sp³-hybridized carbons (Fsp3) is 0.588. The van der Waals surface area contributed by atoms with Crippen molar-refractivity contribution in [2.75, 3.05) is 58.2 Å². The molecule has 0 aliphatic carbocycles. The summed E-state index contributed by atoms with van der Waals surface area (Å²) in [5.41, 5.74) is 0.732. The van der Waals surface area contributed by atoms with Crippen LogP contribution < -0.4 is 15.4 Å². The van der Waals surface area contributed by atoms with Gasteiger partial charge in [0.25, 0.3) is 0 Å². The number of ether oxygens (including phenoxy) is 1. The van der Waals surface area contributed by atoms with Crippen molar-refractivity contribution in [1.82, 2.24) is 15.1 Å². The number of methoxy groups -OCH3 is 1. The molecule has 24 heavy (non-hydrogen) atoms. The molecule has 2 heterocycles. The highest BCUT2D eigenvalue weighted by Crippen LogP contribution is 2.23. The summed E-state index contributed by atoms with van der Waals surface area (Å²) < 4.78 is 5.27. The normalized spacial score (nSPS) is 22.0. The van der Waals surface area contributed by atoms with E-state index in [1.807, 2.05) is 24.3 Å². The Labute approximate surface area is 149 Å². The van der Waals surface area contributed by atoms with E-state index < -0.39 is 0 Å². The third kappa shape index (κ3) is 4.83. The smallest absolute Gasteiger partial charge is 0.238 e. The number of anilines is 1. The summed E-state index contributed by atoms with van der Waals surface area (Å²) in [6.45, 7) is 6.68. The van der Waals surface area contributed by atoms with Gasteiger partial charge in [-0.05, 0) is 25.1 Å². The van der Waals surface area contributed by atoms with E-state index in [0.29, 0.717) is 18.3 Å². The molecule has 0 radical (unpaired) electrons. The zero-order valence-electron chi connectivity index (χ0n) is 14.2. The molecular weight excluding hydrogens is 328 g/mol. The van der Waals surface area contributed by atoms with Crippen LogP contribution in [0.3, 0.4) is 0 Å². The van der Waals surface area contributed by atoms with Gasteiger partial charge < -0.3 is 15.4 Å². The predicted octanol–water partition coefficient (Wildman–Crippen LogP) is 1.03. The lowest BCUT2D eigenvalue weighted by molar-refractivity contribution is -0.117. The molecule has 0 aromatic heterocycles. The molecule has 1 amide bonds. The van der Waals surface area contributed by atoms with E-state index in [1.165, 1.54) is 6.42 Å². The number of carbonyl (C=O) groups is 1. The molecule has 7 heteroatoms. The number of amides is 1. The first-order chi connectivity index (χ1) is 11.3. The van der Waals surface area contributed by atoms with Crippen LogP contribution in [0.25, 0.3) is 0 Å². The van der Waals surface area contributed by atoms with Gasteiger partial charge in [0.05, 0.1) is 19.3 Å². The predicted molar refractivity (Wildman–Crippen MR) is 98.2 cm³/mol. The quantitative estimate of drug-likeness (QED) is 0.827. The van der Waals surface area contributed by atoms with Gasteiger partial charge in [-0.15, -0.1) is 12.4 Å². The van der Waals surface area contributed by atoms with Crippen LogP contribution in [0.4, 0.5) is 5.69 Å². The van der Waals surface area contributed by atoms with Gasteiger partial charge >= 0.3 is 0 Å². The molecule has 6 nitrogen and oxygen atoms in total. The van der Waals surface area contributed by atoms with Crippen LogP contribution in [0, 0.1) is 0 Å². The molecule has 1 unspecified atom stereocenters. The van der Waals surface area contributed by atoms with E-state index in [9.17, 15) is 4.79 Å². The molecule has 3 rings (SSSR count). The Morgan fingerprint density at radius 2 is 2.04 bits per heavy atom. The summed E-state index contributed by atoms with van der Waals surface area (Å²) in [5.74, 6) is 0.713. The number of hydrogen-bond donors (Lipinski definition) is 2. The summed E-state index contributed by atoms with van der Waals surface area (Å²) in [7, 11) is 1.61. The molecule has 2 aliphatic rings. The van der Waals surface area contributed by atoms with Crippen molar-refractivity contribution in [3.05, 3.63) is 24.3 Å². The SMILES string of the molecule is COc1ccccc1NC(=O)CN1CCN(C2CCNC2)CC1.Cl. The van der Waals surface area contributed by atoms with Gasteiger partial charge in [0.15, 0.2) is 0 Å². The number of piperazine rings is 1. The molecule has 1 aromatic rings. The molecule has 0 spiro atoms. The molecule has 2 aliphatic heterocycles. The van der Waals surface area contributed by atoms with E-state index in [4.69, 9.17) is 4.74 Å². The standard InChI is InChI=1S/C17H26N4O2.ClH/c1-23-16-5-3-2-4-15(16)19-17(22)13-20-8-10-21(11-9-20)14-6-7-18-12-14;/h2-5,14,18H,6-13H2,1H3,(H,19,22);1H. The van der Waals surface area contributed by atoms with Gasteiger partial charge in [-0.3, -0.25) is 14.6 Å². The number of benzene rings is 1. The Balaban J connectivity index is 0.00000208. The molecule has 134 valence electrons. The molecule has 0 bridgehead atoms. The van der Waals surface area contributed by atoms with Gasteiger partial charge in [0, 0.05) is 38.8 Å². The first-order valence-corrected chi connectivity index (χ1v) is 8.36. The summed E-state index contributed by atoms with van der Waals surface area (Å²) in [4.78, 5) is 17.0. The second-order valence-corrected chi connectivity index (χ2v) is 6.21. The van der Waals surface area contributed by atoms with Crippen LogP contribution in [0.1, 0.15) is 6.42 Å². The highest BCUT2D eigenvalue weighted by atomic mass is 35.5. The Bertz CT molecular complexity index is 529. The van der Waals surface area contributed by atoms with Gasteiger partial charge in [0.2, 0.25) is 5.91 Å². The molecule has 2 saturated heterocycles. The fourth-order valence-electron chi connectivity index (χ4n) is 3.38. The van der Waals surface area contributed by atoms with E-state index >= 15 is 0 Å². The van der Waals surface area contributed by atoms with Gasteiger partial charge in [-0.2, -0.15) is 0 Å². The zero-order valence-corrected chi connectivity index (χ0v) is 15.0. The Morgan fingerprint density at radius 3 is 2.71 bits per heavy atom. The lowest BCUT2D eigenvalue weighted by atomic mass is 10.2. The molecule has 1 atom stereocenters. The maximum atomic E-state index is 12.3. The van der Waals surface area contributed by atoms with E-state index in [0.717, 1.165) is 45.0 Å². The second kappa shape index (κ2) is 9.22. The minimum absolute atomic E-state index is 0. The number of rotatable bonds is 5. The van der Waals surface area contributed by atoms with Gasteiger partial charge in [-0.1, -0.05) is 12.1 Å². The van der Waals surface area contributed by atoms with Crippen LogP contribution in [-0.4, -0.2) is 74.7 Å². The monoisotopic (exact) mass is 354 g/mol. The highest BCUT2D eigenvalue weighted by molar-refractivity contribution is 5.93. The lowest BCUT2D eigenvalue weighted by Crippen LogP contribution is -2.52. The number of nitrogens with zero attached hydrogens (tertiary/aromatic N) is 2. The van der Waals surface area contributed by atoms with Crippen LogP contribution >= 0.6 is 12.4 Å². The molecule has 1 aromatic carbocycles. The first-order valence-electron chi connectivity index (χ1n) is 8.36. The van der Waals surface area contributed by atoms with Crippen LogP contribution in [-0.2, 0) is 4.79 Å². The molecule has 2 fully saturated rings. The van der Waals surface area contributed by atoms with Crippen molar-refractivity contribution in [2.45, 2.75) is 12.5 Å². The molecule has 2 N–H and O–H groups in total. The number of para-hydroxylation sites is 2. The maximum Gasteiger partial charge on any atom is 0.238 e. The summed E-state index contributed by atoms with van der Waals surface area (Å²) >= 11 is 0. The zero-order chi connectivity index (χ0) is 16.1. The largest absolute Gasteiger partial charge is 0.495 e. The number of halogens is 1. The average Bonchev–Trinajstić information content (AvgIpc) is 3.10. The van der Waals surface area contributed by atoms with Crippen molar-refractivity contribution in [3.8, 4) is 5.75 Å². The minimum Gasteiger partial charge on any atom is -0.495 e. The number of nitrogens with one attached hydrogen (secondary N) is 2. The summed E-state index contributed by atoms with van der Waals surface area (Å²) in [6.07, 6.45) is 1.24. The Hall–Kier alpha value is -1.34. The van der Waals surface area contributed by atoms with Crippen LogP contribution in [0.2, 0.25) is 0 Å². The molecular formula is C17H27ClN4O2. The van der Waals surface area contributed by atoms with E-state index in [1.54, 1.807) is 7.11 Å². The van der Waals surface area contributed by atoms with Crippen molar-refractivity contribution in [1.29, 1.82) is 0 Å². The summed E-state index contributed by atoms with van der Waals surface area (Å²) in [6, 6.07) is 8.18. The van der Waals surface area contributed by atoms with Crippen molar-refractivity contribution in [2.24, 2.45) is 0 Å². The second-order valence-electron chi connectivity index (χ2n) is 6.21. The van der Waals surface area contributed by atoms with E-state index in [-0.39, 0.29) is 18.3 Å². The lowest BCUT2D eigenvalue weighted by Gasteiger charge is -2.37. The third-order valence-corrected chi connectivity index (χ3v) is 4.71. The molecule has 0 saturated carbocycles. The van der Waals surface area contributed by atoms with Crippen molar-refractivity contribution < 1.29 is 9.53 Å². The average molecular weight is 355 g/mol. The summed E-state index contributed by atoms with van der Waals surface area (Å²) in [5, 5.41) is 6.37. The van der Waals surface area contributed by atoms with Crippen LogP contribution in [0.15, 0.2) is 24.3 Å². The fourth-order valence-corrected chi connectivity index (χ4v) is 3.38. The Kier molecular flexibility index (Phi) is 7.30. The first kappa shape index (κ1) is 19.0. The van der Waals surface area contributed by atoms with E-state index in [2.05, 4.69) is 20.4 Å². The van der Waals surface area contributed by atoms with Crippen LogP contribution in [0.5, 0.6) is 5.75 Å². The maximum absolute atomic E-state index is 12.3. The Morgan fingerprint density at radius 1 is 1.29 bits per heavy atom. The van der Waals surface area contributed by atoms with Gasteiger partial charge in [-0.25, -0.2) is 0 Å².